The third-order valence-electron chi connectivity index (χ3n) is 3.11. The molecule has 1 amide bonds. The monoisotopic (exact) mass is 401 g/mol. The summed E-state index contributed by atoms with van der Waals surface area (Å²) in [6.07, 6.45) is -3.07. The summed E-state index contributed by atoms with van der Waals surface area (Å²) in [5, 5.41) is 2.44. The van der Waals surface area contributed by atoms with Gasteiger partial charge in [-0.15, -0.1) is 0 Å². The van der Waals surface area contributed by atoms with Gasteiger partial charge in [-0.25, -0.2) is 0 Å². The molecule has 1 heterocycles. The van der Waals surface area contributed by atoms with Crippen LogP contribution in [0.1, 0.15) is 21.6 Å². The fourth-order valence-electron chi connectivity index (χ4n) is 2.12. The van der Waals surface area contributed by atoms with Gasteiger partial charge in [0.25, 0.3) is 5.91 Å². The number of carbonyl (C=O) groups is 1. The lowest BCUT2D eigenvalue weighted by Gasteiger charge is -2.17. The number of anilines is 1. The first-order valence-corrected chi connectivity index (χ1v) is 7.74. The molecule has 0 aliphatic rings. The minimum absolute atomic E-state index is 0.0663. The van der Waals surface area contributed by atoms with Gasteiger partial charge in [0.2, 0.25) is 0 Å². The first-order valence-electron chi connectivity index (χ1n) is 6.94. The molecule has 1 aromatic carbocycles. The molecular formula is C16H15BrF3N3O. The van der Waals surface area contributed by atoms with Gasteiger partial charge in [-0.1, -0.05) is 22.0 Å². The van der Waals surface area contributed by atoms with E-state index >= 15 is 0 Å². The van der Waals surface area contributed by atoms with E-state index in [9.17, 15) is 18.0 Å². The summed E-state index contributed by atoms with van der Waals surface area (Å²) < 4.78 is 40.4. The molecule has 2 rings (SSSR count). The molecule has 0 aliphatic carbocycles. The zero-order valence-electron chi connectivity index (χ0n) is 13.0. The zero-order valence-corrected chi connectivity index (χ0v) is 14.6. The molecule has 0 saturated carbocycles. The van der Waals surface area contributed by atoms with Crippen molar-refractivity contribution in [1.82, 2.24) is 9.88 Å². The first-order chi connectivity index (χ1) is 11.2. The van der Waals surface area contributed by atoms with Gasteiger partial charge in [0.15, 0.2) is 0 Å². The molecule has 0 fully saturated rings. The summed E-state index contributed by atoms with van der Waals surface area (Å²) in [7, 11) is 3.38. The molecule has 0 bridgehead atoms. The summed E-state index contributed by atoms with van der Waals surface area (Å²) in [6.45, 7) is 0.149. The molecule has 0 aliphatic heterocycles. The van der Waals surface area contributed by atoms with Crippen LogP contribution in [0.4, 0.5) is 18.9 Å². The molecule has 0 radical (unpaired) electrons. The fourth-order valence-corrected chi connectivity index (χ4v) is 2.46. The largest absolute Gasteiger partial charge is 0.416 e. The van der Waals surface area contributed by atoms with Gasteiger partial charge in [0.05, 0.1) is 5.56 Å². The van der Waals surface area contributed by atoms with Crippen molar-refractivity contribution in [3.63, 3.8) is 0 Å². The minimum atomic E-state index is -4.50. The lowest BCUT2D eigenvalue weighted by Crippen LogP contribution is -2.18. The van der Waals surface area contributed by atoms with E-state index in [1.165, 1.54) is 24.4 Å². The van der Waals surface area contributed by atoms with Gasteiger partial charge in [-0.3, -0.25) is 9.78 Å². The van der Waals surface area contributed by atoms with Crippen LogP contribution >= 0.6 is 15.9 Å². The predicted octanol–water partition coefficient (Wildman–Crippen LogP) is 4.18. The molecule has 0 atom stereocenters. The number of rotatable bonds is 4. The van der Waals surface area contributed by atoms with E-state index in [1.54, 1.807) is 25.1 Å². The number of hydrogen-bond donors (Lipinski definition) is 1. The molecule has 128 valence electrons. The van der Waals surface area contributed by atoms with Crippen molar-refractivity contribution in [3.05, 3.63) is 57.8 Å². The van der Waals surface area contributed by atoms with Crippen LogP contribution in [-0.4, -0.2) is 29.9 Å². The summed E-state index contributed by atoms with van der Waals surface area (Å²) in [4.78, 5) is 17.6. The maximum atomic E-state index is 13.2. The van der Waals surface area contributed by atoms with Crippen molar-refractivity contribution in [2.24, 2.45) is 0 Å². The average Bonchev–Trinajstić information content (AvgIpc) is 2.47. The zero-order chi connectivity index (χ0) is 17.9. The maximum Gasteiger partial charge on any atom is 0.416 e. The Bertz CT molecular complexity index is 748. The Balaban J connectivity index is 2.29. The molecule has 0 unspecified atom stereocenters. The number of nitrogens with one attached hydrogen (secondary N) is 1. The number of amides is 1. The van der Waals surface area contributed by atoms with E-state index in [1.807, 2.05) is 0 Å². The van der Waals surface area contributed by atoms with Gasteiger partial charge in [0.1, 0.15) is 5.69 Å². The van der Waals surface area contributed by atoms with Crippen molar-refractivity contribution in [2.75, 3.05) is 19.4 Å². The van der Waals surface area contributed by atoms with Gasteiger partial charge < -0.3 is 10.2 Å². The SMILES string of the molecule is CN(C)Cc1ccc(NC(=O)c2cc(Br)ccn2)cc1C(F)(F)F. The van der Waals surface area contributed by atoms with Crippen LogP contribution in [0.15, 0.2) is 41.0 Å². The van der Waals surface area contributed by atoms with Crippen molar-refractivity contribution in [3.8, 4) is 0 Å². The van der Waals surface area contributed by atoms with E-state index < -0.39 is 17.6 Å². The van der Waals surface area contributed by atoms with Crippen LogP contribution in [0.2, 0.25) is 0 Å². The second kappa shape index (κ2) is 7.31. The highest BCUT2D eigenvalue weighted by Crippen LogP contribution is 2.34. The number of hydrogen-bond acceptors (Lipinski definition) is 3. The third-order valence-corrected chi connectivity index (χ3v) is 3.61. The molecule has 0 spiro atoms. The highest BCUT2D eigenvalue weighted by atomic mass is 79.9. The topological polar surface area (TPSA) is 45.2 Å². The van der Waals surface area contributed by atoms with Crippen LogP contribution < -0.4 is 5.32 Å². The molecular weight excluding hydrogens is 387 g/mol. The number of aromatic nitrogens is 1. The summed E-state index contributed by atoms with van der Waals surface area (Å²) in [6, 6.07) is 6.89. The van der Waals surface area contributed by atoms with Gasteiger partial charge in [-0.2, -0.15) is 13.2 Å². The first kappa shape index (κ1) is 18.4. The lowest BCUT2D eigenvalue weighted by atomic mass is 10.1. The van der Waals surface area contributed by atoms with E-state index in [2.05, 4.69) is 26.2 Å². The smallest absolute Gasteiger partial charge is 0.321 e. The maximum absolute atomic E-state index is 13.2. The molecule has 1 N–H and O–H groups in total. The second-order valence-corrected chi connectivity index (χ2v) is 6.34. The number of pyridine rings is 1. The molecule has 4 nitrogen and oxygen atoms in total. The van der Waals surface area contributed by atoms with Crippen molar-refractivity contribution in [1.29, 1.82) is 0 Å². The van der Waals surface area contributed by atoms with Gasteiger partial charge >= 0.3 is 6.18 Å². The van der Waals surface area contributed by atoms with Crippen LogP contribution in [0.25, 0.3) is 0 Å². The van der Waals surface area contributed by atoms with Crippen molar-refractivity contribution < 1.29 is 18.0 Å². The standard InChI is InChI=1S/C16H15BrF3N3O/c1-23(2)9-10-3-4-12(8-13(10)16(18,19)20)22-15(24)14-7-11(17)5-6-21-14/h3-8H,9H2,1-2H3,(H,22,24). The quantitative estimate of drug-likeness (QED) is 0.835. The molecule has 2 aromatic rings. The Morgan fingerprint density at radius 1 is 1.25 bits per heavy atom. The number of benzene rings is 1. The Morgan fingerprint density at radius 2 is 1.96 bits per heavy atom. The Hall–Kier alpha value is -1.93. The molecule has 0 saturated heterocycles. The van der Waals surface area contributed by atoms with Crippen molar-refractivity contribution in [2.45, 2.75) is 12.7 Å². The molecule has 1 aromatic heterocycles. The van der Waals surface area contributed by atoms with Crippen LogP contribution in [-0.2, 0) is 12.7 Å². The van der Waals surface area contributed by atoms with Crippen LogP contribution in [0.5, 0.6) is 0 Å². The number of carbonyl (C=O) groups excluding carboxylic acids is 1. The van der Waals surface area contributed by atoms with E-state index in [4.69, 9.17) is 0 Å². The summed E-state index contributed by atoms with van der Waals surface area (Å²) in [5.74, 6) is -0.579. The fraction of sp³-hybridized carbons (Fsp3) is 0.250. The Labute approximate surface area is 145 Å². The molecule has 8 heteroatoms. The second-order valence-electron chi connectivity index (χ2n) is 5.42. The highest BCUT2D eigenvalue weighted by Gasteiger charge is 2.33. The van der Waals surface area contributed by atoms with E-state index in [-0.39, 0.29) is 23.5 Å². The van der Waals surface area contributed by atoms with Crippen molar-refractivity contribution >= 4 is 27.5 Å². The predicted molar refractivity (Wildman–Crippen MR) is 88.7 cm³/mol. The highest BCUT2D eigenvalue weighted by molar-refractivity contribution is 9.10. The normalized spacial score (nSPS) is 11.6. The Kier molecular flexibility index (Phi) is 5.61. The number of halogens is 4. The number of alkyl halides is 3. The Morgan fingerprint density at radius 3 is 2.54 bits per heavy atom. The lowest BCUT2D eigenvalue weighted by molar-refractivity contribution is -0.138. The van der Waals surface area contributed by atoms with Gasteiger partial charge in [-0.05, 0) is 43.9 Å². The van der Waals surface area contributed by atoms with E-state index in [0.717, 1.165) is 6.07 Å². The minimum Gasteiger partial charge on any atom is -0.321 e. The van der Waals surface area contributed by atoms with E-state index in [0.29, 0.717) is 4.47 Å². The third kappa shape index (κ3) is 4.78. The van der Waals surface area contributed by atoms with Gasteiger partial charge in [0, 0.05) is 22.9 Å². The summed E-state index contributed by atoms with van der Waals surface area (Å²) >= 11 is 3.21. The number of nitrogens with zero attached hydrogens (tertiary/aromatic N) is 2. The summed E-state index contributed by atoms with van der Waals surface area (Å²) in [5.41, 5.74) is -0.450. The average molecular weight is 402 g/mol. The molecule has 24 heavy (non-hydrogen) atoms. The van der Waals surface area contributed by atoms with Crippen LogP contribution in [0.3, 0.4) is 0 Å². The van der Waals surface area contributed by atoms with Crippen LogP contribution in [0, 0.1) is 0 Å².